The number of anilines is 1. The summed E-state index contributed by atoms with van der Waals surface area (Å²) in [5.41, 5.74) is 3.92. The lowest BCUT2D eigenvalue weighted by Gasteiger charge is -2.20. The van der Waals surface area contributed by atoms with Crippen LogP contribution in [0.1, 0.15) is 42.6 Å². The van der Waals surface area contributed by atoms with Gasteiger partial charge in [0.25, 0.3) is 5.69 Å². The fraction of sp³-hybridized carbons (Fsp3) is 0.286. The molecule has 0 spiro atoms. The molecule has 1 aromatic carbocycles. The van der Waals surface area contributed by atoms with Gasteiger partial charge in [-0.25, -0.2) is 9.97 Å². The van der Waals surface area contributed by atoms with Gasteiger partial charge in [0.05, 0.1) is 11.0 Å². The van der Waals surface area contributed by atoms with Gasteiger partial charge in [-0.3, -0.25) is 15.1 Å². The number of pyridine rings is 1. The van der Waals surface area contributed by atoms with Gasteiger partial charge in [0.1, 0.15) is 11.5 Å². The van der Waals surface area contributed by atoms with Crippen molar-refractivity contribution in [2.75, 3.05) is 5.32 Å². The van der Waals surface area contributed by atoms with Crippen molar-refractivity contribution < 1.29 is 4.92 Å². The molecule has 0 fully saturated rings. The molecule has 0 amide bonds. The van der Waals surface area contributed by atoms with Crippen molar-refractivity contribution in [1.82, 2.24) is 15.0 Å². The number of benzene rings is 1. The minimum atomic E-state index is -0.363. The first-order valence-corrected chi connectivity index (χ1v) is 9.47. The maximum Gasteiger partial charge on any atom is 0.269 e. The van der Waals surface area contributed by atoms with Gasteiger partial charge in [0, 0.05) is 29.6 Å². The number of nitro groups is 1. The van der Waals surface area contributed by atoms with Crippen LogP contribution in [0.5, 0.6) is 0 Å². The number of nitrogens with one attached hydrogen (secondary N) is 1. The largest absolute Gasteiger partial charge is 0.363 e. The van der Waals surface area contributed by atoms with Gasteiger partial charge in [-0.1, -0.05) is 25.1 Å². The minimum absolute atomic E-state index is 0.0731. The summed E-state index contributed by atoms with van der Waals surface area (Å²) in [6.45, 7) is 2.05. The van der Waals surface area contributed by atoms with Crippen LogP contribution in [0.2, 0.25) is 0 Å². The van der Waals surface area contributed by atoms with Gasteiger partial charge in [-0.15, -0.1) is 0 Å². The molecule has 142 valence electrons. The quantitative estimate of drug-likeness (QED) is 0.504. The van der Waals surface area contributed by atoms with E-state index in [4.69, 9.17) is 9.97 Å². The highest BCUT2D eigenvalue weighted by Crippen LogP contribution is 2.32. The molecule has 7 heteroatoms. The van der Waals surface area contributed by atoms with Crippen molar-refractivity contribution >= 4 is 11.5 Å². The lowest BCUT2D eigenvalue weighted by molar-refractivity contribution is -0.384. The summed E-state index contributed by atoms with van der Waals surface area (Å²) in [5, 5.41) is 14.7. The highest BCUT2D eigenvalue weighted by Gasteiger charge is 2.22. The Balaban J connectivity index is 1.71. The zero-order valence-corrected chi connectivity index (χ0v) is 15.6. The monoisotopic (exact) mass is 375 g/mol. The van der Waals surface area contributed by atoms with E-state index in [0.717, 1.165) is 54.0 Å². The van der Waals surface area contributed by atoms with Crippen molar-refractivity contribution in [3.63, 3.8) is 0 Å². The van der Waals surface area contributed by atoms with Crippen LogP contribution < -0.4 is 5.32 Å². The van der Waals surface area contributed by atoms with Crippen molar-refractivity contribution in [3.8, 4) is 11.5 Å². The Morgan fingerprint density at radius 1 is 1.18 bits per heavy atom. The molecule has 1 N–H and O–H groups in total. The zero-order valence-electron chi connectivity index (χ0n) is 15.6. The normalized spacial score (nSPS) is 13.8. The van der Waals surface area contributed by atoms with Crippen LogP contribution in [0.4, 0.5) is 11.5 Å². The van der Waals surface area contributed by atoms with Gasteiger partial charge < -0.3 is 5.32 Å². The lowest BCUT2D eigenvalue weighted by Crippen LogP contribution is -2.14. The molecule has 3 aromatic rings. The predicted octanol–water partition coefficient (Wildman–Crippen LogP) is 4.50. The molecule has 0 aliphatic heterocycles. The van der Waals surface area contributed by atoms with Crippen molar-refractivity contribution in [2.24, 2.45) is 0 Å². The summed E-state index contributed by atoms with van der Waals surface area (Å²) in [6, 6.07) is 12.4. The van der Waals surface area contributed by atoms with E-state index in [0.29, 0.717) is 5.82 Å². The molecule has 28 heavy (non-hydrogen) atoms. The average molecular weight is 375 g/mol. The number of fused-ring (bicyclic) bond motifs is 1. The fourth-order valence-electron chi connectivity index (χ4n) is 3.60. The number of nitro benzene ring substituents is 1. The van der Waals surface area contributed by atoms with E-state index in [1.54, 1.807) is 18.3 Å². The van der Waals surface area contributed by atoms with Crippen LogP contribution in [0.3, 0.4) is 0 Å². The topological polar surface area (TPSA) is 93.8 Å². The standard InChI is InChI=1S/C21H21N5O2/c1-2-17(14-7-5-8-15(13-14)26(27)28)23-20-16-9-6-11-18(16)24-21(25-20)19-10-3-4-12-22-19/h3-5,7-8,10,12-13,17H,2,6,9,11H2,1H3,(H,23,24,25). The Labute approximate surface area is 163 Å². The third-order valence-corrected chi connectivity index (χ3v) is 5.03. The SMILES string of the molecule is CCC(Nc1nc(-c2ccccn2)nc2c1CCC2)c1cccc([N+](=O)[O-])c1. The van der Waals surface area contributed by atoms with Crippen molar-refractivity contribution in [2.45, 2.75) is 38.6 Å². The molecular formula is C21H21N5O2. The number of hydrogen-bond acceptors (Lipinski definition) is 6. The van der Waals surface area contributed by atoms with E-state index in [-0.39, 0.29) is 16.7 Å². The molecule has 1 unspecified atom stereocenters. The van der Waals surface area contributed by atoms with Gasteiger partial charge in [-0.05, 0) is 43.4 Å². The van der Waals surface area contributed by atoms with Crippen LogP contribution >= 0.6 is 0 Å². The predicted molar refractivity (Wildman–Crippen MR) is 107 cm³/mol. The Hall–Kier alpha value is -3.35. The second-order valence-corrected chi connectivity index (χ2v) is 6.85. The number of aromatic nitrogens is 3. The van der Waals surface area contributed by atoms with Crippen LogP contribution in [-0.2, 0) is 12.8 Å². The third kappa shape index (κ3) is 3.55. The van der Waals surface area contributed by atoms with E-state index in [2.05, 4.69) is 17.2 Å². The van der Waals surface area contributed by atoms with E-state index in [1.165, 1.54) is 6.07 Å². The molecule has 1 atom stereocenters. The van der Waals surface area contributed by atoms with Gasteiger partial charge in [0.15, 0.2) is 5.82 Å². The average Bonchev–Trinajstić information content (AvgIpc) is 3.21. The summed E-state index contributed by atoms with van der Waals surface area (Å²) in [4.78, 5) is 24.6. The lowest BCUT2D eigenvalue weighted by atomic mass is 10.0. The molecule has 1 aliphatic rings. The number of aryl methyl sites for hydroxylation is 1. The molecule has 0 saturated carbocycles. The maximum absolute atomic E-state index is 11.1. The van der Waals surface area contributed by atoms with Crippen LogP contribution in [0.25, 0.3) is 11.5 Å². The number of nitrogens with zero attached hydrogens (tertiary/aromatic N) is 4. The molecule has 0 bridgehead atoms. The van der Waals surface area contributed by atoms with Crippen molar-refractivity contribution in [1.29, 1.82) is 0 Å². The second kappa shape index (κ2) is 7.72. The van der Waals surface area contributed by atoms with Gasteiger partial charge >= 0.3 is 0 Å². The Kier molecular flexibility index (Phi) is 4.97. The van der Waals surface area contributed by atoms with E-state index >= 15 is 0 Å². The molecule has 7 nitrogen and oxygen atoms in total. The summed E-state index contributed by atoms with van der Waals surface area (Å²) in [5.74, 6) is 1.42. The second-order valence-electron chi connectivity index (χ2n) is 6.85. The van der Waals surface area contributed by atoms with Gasteiger partial charge in [-0.2, -0.15) is 0 Å². The molecular weight excluding hydrogens is 354 g/mol. The first-order chi connectivity index (χ1) is 13.7. The summed E-state index contributed by atoms with van der Waals surface area (Å²) < 4.78 is 0. The third-order valence-electron chi connectivity index (χ3n) is 5.03. The number of hydrogen-bond donors (Lipinski definition) is 1. The van der Waals surface area contributed by atoms with E-state index in [1.807, 2.05) is 24.3 Å². The number of rotatable bonds is 6. The number of non-ortho nitro benzene ring substituents is 1. The highest BCUT2D eigenvalue weighted by atomic mass is 16.6. The van der Waals surface area contributed by atoms with E-state index < -0.39 is 0 Å². The molecule has 1 aliphatic carbocycles. The maximum atomic E-state index is 11.1. The Morgan fingerprint density at radius 2 is 2.07 bits per heavy atom. The first-order valence-electron chi connectivity index (χ1n) is 9.47. The van der Waals surface area contributed by atoms with Crippen LogP contribution in [-0.4, -0.2) is 19.9 Å². The first kappa shape index (κ1) is 18.0. The van der Waals surface area contributed by atoms with Gasteiger partial charge in [0.2, 0.25) is 0 Å². The van der Waals surface area contributed by atoms with Crippen LogP contribution in [0, 0.1) is 10.1 Å². The smallest absolute Gasteiger partial charge is 0.269 e. The molecule has 4 rings (SSSR count). The molecule has 2 aromatic heterocycles. The summed E-state index contributed by atoms with van der Waals surface area (Å²) in [7, 11) is 0. The Morgan fingerprint density at radius 3 is 2.82 bits per heavy atom. The summed E-state index contributed by atoms with van der Waals surface area (Å²) >= 11 is 0. The zero-order chi connectivity index (χ0) is 19.5. The Bertz CT molecular complexity index is 1010. The van der Waals surface area contributed by atoms with E-state index in [9.17, 15) is 10.1 Å². The fourth-order valence-corrected chi connectivity index (χ4v) is 3.60. The molecule has 2 heterocycles. The minimum Gasteiger partial charge on any atom is -0.363 e. The molecule has 0 radical (unpaired) electrons. The molecule has 0 saturated heterocycles. The van der Waals surface area contributed by atoms with Crippen LogP contribution in [0.15, 0.2) is 48.7 Å². The van der Waals surface area contributed by atoms with Crippen molar-refractivity contribution in [3.05, 3.63) is 75.6 Å². The summed E-state index contributed by atoms with van der Waals surface area (Å²) in [6.07, 6.45) is 5.43. The highest BCUT2D eigenvalue weighted by molar-refractivity contribution is 5.58.